The van der Waals surface area contributed by atoms with Gasteiger partial charge in [-0.25, -0.2) is 9.18 Å². The number of aromatic nitrogens is 2. The first-order valence-corrected chi connectivity index (χ1v) is 11.8. The van der Waals surface area contributed by atoms with Gasteiger partial charge in [-0.2, -0.15) is 0 Å². The van der Waals surface area contributed by atoms with Gasteiger partial charge in [0.2, 0.25) is 11.0 Å². The molecule has 0 saturated carbocycles. The van der Waals surface area contributed by atoms with Gasteiger partial charge in [-0.05, 0) is 31.2 Å². The van der Waals surface area contributed by atoms with Crippen LogP contribution in [-0.2, 0) is 16.0 Å². The number of ether oxygens (including phenoxy) is 1. The zero-order valence-electron chi connectivity index (χ0n) is 18.5. The molecule has 2 amide bonds. The fourth-order valence-corrected chi connectivity index (χ4v) is 4.70. The lowest BCUT2D eigenvalue weighted by atomic mass is 10.2. The second-order valence-corrected chi connectivity index (χ2v) is 9.25. The summed E-state index contributed by atoms with van der Waals surface area (Å²) >= 11 is 1.43. The van der Waals surface area contributed by atoms with Crippen molar-refractivity contribution < 1.29 is 18.7 Å². The Bertz CT molecular complexity index is 996. The van der Waals surface area contributed by atoms with Gasteiger partial charge in [-0.1, -0.05) is 11.3 Å². The number of halogens is 1. The third kappa shape index (κ3) is 5.88. The quantitative estimate of drug-likeness (QED) is 0.587. The Labute approximate surface area is 195 Å². The summed E-state index contributed by atoms with van der Waals surface area (Å²) in [6, 6.07) is 4.83. The maximum absolute atomic E-state index is 14.9. The van der Waals surface area contributed by atoms with E-state index in [1.807, 2.05) is 4.90 Å². The monoisotopic (exact) mass is 477 g/mol. The SMILES string of the molecule is CC(=O)NC[C@H]1CN(c2ccc(N3CCN(CCCc4nnc(N)s4)CC3)c(F)c2)C(=O)O1. The second-order valence-electron chi connectivity index (χ2n) is 8.16. The largest absolute Gasteiger partial charge is 0.442 e. The molecule has 2 aromatic rings. The van der Waals surface area contributed by atoms with E-state index in [9.17, 15) is 14.0 Å². The number of nitrogen functional groups attached to an aromatic ring is 1. The molecule has 1 aromatic carbocycles. The minimum Gasteiger partial charge on any atom is -0.442 e. The molecule has 12 heteroatoms. The molecule has 2 fully saturated rings. The number of benzene rings is 1. The highest BCUT2D eigenvalue weighted by molar-refractivity contribution is 7.15. The topological polar surface area (TPSA) is 117 Å². The minimum atomic E-state index is -0.540. The van der Waals surface area contributed by atoms with Crippen molar-refractivity contribution in [3.8, 4) is 0 Å². The van der Waals surface area contributed by atoms with Crippen LogP contribution in [0.4, 0.5) is 25.7 Å². The maximum atomic E-state index is 14.9. The van der Waals surface area contributed by atoms with Crippen LogP contribution in [0.15, 0.2) is 18.2 Å². The molecule has 2 aliphatic rings. The van der Waals surface area contributed by atoms with Crippen molar-refractivity contribution >= 4 is 39.8 Å². The number of nitrogens with zero attached hydrogens (tertiary/aromatic N) is 5. The molecule has 0 spiro atoms. The highest BCUT2D eigenvalue weighted by Gasteiger charge is 2.33. The van der Waals surface area contributed by atoms with Crippen LogP contribution in [0.3, 0.4) is 0 Å². The van der Waals surface area contributed by atoms with E-state index in [1.54, 1.807) is 12.1 Å². The fourth-order valence-electron chi connectivity index (χ4n) is 4.05. The number of nitrogens with one attached hydrogen (secondary N) is 1. The summed E-state index contributed by atoms with van der Waals surface area (Å²) in [6.07, 6.45) is 0.839. The van der Waals surface area contributed by atoms with Gasteiger partial charge in [0.25, 0.3) is 0 Å². The van der Waals surface area contributed by atoms with Crippen LogP contribution in [0, 0.1) is 5.82 Å². The summed E-state index contributed by atoms with van der Waals surface area (Å²) in [7, 11) is 0. The summed E-state index contributed by atoms with van der Waals surface area (Å²) in [6.45, 7) is 6.01. The Balaban J connectivity index is 1.27. The third-order valence-electron chi connectivity index (χ3n) is 5.76. The van der Waals surface area contributed by atoms with Crippen molar-refractivity contribution in [1.29, 1.82) is 0 Å². The van der Waals surface area contributed by atoms with Crippen LogP contribution in [0.1, 0.15) is 18.4 Å². The number of hydrogen-bond donors (Lipinski definition) is 2. The number of nitrogens with two attached hydrogens (primary N) is 1. The molecule has 1 atom stereocenters. The van der Waals surface area contributed by atoms with E-state index in [1.165, 1.54) is 29.2 Å². The summed E-state index contributed by atoms with van der Waals surface area (Å²) in [5.41, 5.74) is 6.59. The van der Waals surface area contributed by atoms with Crippen molar-refractivity contribution in [3.05, 3.63) is 29.0 Å². The minimum absolute atomic E-state index is 0.193. The van der Waals surface area contributed by atoms with E-state index in [4.69, 9.17) is 10.5 Å². The van der Waals surface area contributed by atoms with E-state index in [2.05, 4.69) is 20.4 Å². The van der Waals surface area contributed by atoms with E-state index in [0.29, 0.717) is 16.5 Å². The predicted molar refractivity (Wildman–Crippen MR) is 124 cm³/mol. The first kappa shape index (κ1) is 23.2. The normalized spacial score (nSPS) is 19.1. The van der Waals surface area contributed by atoms with E-state index in [0.717, 1.165) is 50.6 Å². The molecule has 3 heterocycles. The van der Waals surface area contributed by atoms with Gasteiger partial charge in [0, 0.05) is 39.5 Å². The lowest BCUT2D eigenvalue weighted by Gasteiger charge is -2.36. The van der Waals surface area contributed by atoms with Crippen molar-refractivity contribution in [2.24, 2.45) is 0 Å². The number of cyclic esters (lactones) is 1. The van der Waals surface area contributed by atoms with Crippen molar-refractivity contribution in [3.63, 3.8) is 0 Å². The molecule has 4 rings (SSSR count). The third-order valence-corrected chi connectivity index (χ3v) is 6.57. The molecular weight excluding hydrogens is 449 g/mol. The molecule has 33 heavy (non-hydrogen) atoms. The highest BCUT2D eigenvalue weighted by Crippen LogP contribution is 2.28. The first-order valence-electron chi connectivity index (χ1n) is 11.0. The Morgan fingerprint density at radius 3 is 2.76 bits per heavy atom. The standard InChI is InChI=1S/C21H28FN7O3S/c1-14(30)24-12-16-13-29(21(31)32-16)15-4-5-18(17(22)11-15)28-9-7-27(8-10-28)6-2-3-19-25-26-20(23)33-19/h4-5,11,16H,2-3,6-10,12-13H2,1H3,(H2,23,26)(H,24,30)/t16-/m0/s1. The lowest BCUT2D eigenvalue weighted by Crippen LogP contribution is -2.47. The van der Waals surface area contributed by atoms with Crippen molar-refractivity contribution in [1.82, 2.24) is 20.4 Å². The fraction of sp³-hybridized carbons (Fsp3) is 0.524. The zero-order chi connectivity index (χ0) is 23.4. The van der Waals surface area contributed by atoms with Gasteiger partial charge >= 0.3 is 6.09 Å². The van der Waals surface area contributed by atoms with Crippen LogP contribution >= 0.6 is 11.3 Å². The highest BCUT2D eigenvalue weighted by atomic mass is 32.1. The van der Waals surface area contributed by atoms with E-state index >= 15 is 0 Å². The number of amides is 2. The Morgan fingerprint density at radius 2 is 2.09 bits per heavy atom. The molecular formula is C21H28FN7O3S. The summed E-state index contributed by atoms with van der Waals surface area (Å²) in [5, 5.41) is 12.0. The second kappa shape index (κ2) is 10.3. The maximum Gasteiger partial charge on any atom is 0.414 e. The molecule has 10 nitrogen and oxygen atoms in total. The van der Waals surface area contributed by atoms with Crippen LogP contribution in [0.2, 0.25) is 0 Å². The molecule has 2 aliphatic heterocycles. The Hall–Kier alpha value is -2.99. The molecule has 0 bridgehead atoms. The number of carbonyl (C=O) groups is 2. The van der Waals surface area contributed by atoms with Crippen LogP contribution in [-0.4, -0.2) is 79.0 Å². The van der Waals surface area contributed by atoms with Crippen LogP contribution in [0.25, 0.3) is 0 Å². The summed E-state index contributed by atoms with van der Waals surface area (Å²) < 4.78 is 20.2. The number of carbonyl (C=O) groups excluding carboxylic acids is 2. The first-order chi connectivity index (χ1) is 15.9. The smallest absolute Gasteiger partial charge is 0.414 e. The summed E-state index contributed by atoms with van der Waals surface area (Å²) in [5.74, 6) is -0.560. The zero-order valence-corrected chi connectivity index (χ0v) is 19.3. The molecule has 0 aliphatic carbocycles. The molecule has 2 saturated heterocycles. The number of rotatable bonds is 8. The number of anilines is 3. The Kier molecular flexibility index (Phi) is 7.23. The molecule has 3 N–H and O–H groups in total. The van der Waals surface area contributed by atoms with Crippen molar-refractivity contribution in [2.45, 2.75) is 25.9 Å². The number of aryl methyl sites for hydroxylation is 1. The number of piperazine rings is 1. The van der Waals surface area contributed by atoms with Gasteiger partial charge in [-0.15, -0.1) is 10.2 Å². The van der Waals surface area contributed by atoms with Gasteiger partial charge in [0.1, 0.15) is 16.9 Å². The predicted octanol–water partition coefficient (Wildman–Crippen LogP) is 1.48. The van der Waals surface area contributed by atoms with Gasteiger partial charge in [0.15, 0.2) is 0 Å². The molecule has 1 aromatic heterocycles. The molecule has 0 unspecified atom stereocenters. The van der Waals surface area contributed by atoms with Gasteiger partial charge < -0.3 is 20.7 Å². The van der Waals surface area contributed by atoms with Crippen LogP contribution < -0.4 is 20.9 Å². The lowest BCUT2D eigenvalue weighted by molar-refractivity contribution is -0.119. The average molecular weight is 478 g/mol. The van der Waals surface area contributed by atoms with E-state index in [-0.39, 0.29) is 24.8 Å². The van der Waals surface area contributed by atoms with Gasteiger partial charge in [0.05, 0.1) is 24.5 Å². The van der Waals surface area contributed by atoms with Gasteiger partial charge in [-0.3, -0.25) is 14.6 Å². The van der Waals surface area contributed by atoms with Crippen molar-refractivity contribution in [2.75, 3.05) is 61.3 Å². The molecule has 0 radical (unpaired) electrons. The molecule has 178 valence electrons. The van der Waals surface area contributed by atoms with E-state index < -0.39 is 12.2 Å². The van der Waals surface area contributed by atoms with Crippen LogP contribution in [0.5, 0.6) is 0 Å². The summed E-state index contributed by atoms with van der Waals surface area (Å²) in [4.78, 5) is 29.0. The Morgan fingerprint density at radius 1 is 1.30 bits per heavy atom. The number of hydrogen-bond acceptors (Lipinski definition) is 9. The average Bonchev–Trinajstić information content (AvgIpc) is 3.38.